The molecule has 1 fully saturated rings. The first-order valence-electron chi connectivity index (χ1n) is 30.5. The molecule has 488 valence electrons. The van der Waals surface area contributed by atoms with Gasteiger partial charge in [0.15, 0.2) is 22.4 Å². The number of aromatic hydroxyl groups is 1. The van der Waals surface area contributed by atoms with E-state index < -0.39 is 112 Å². The Morgan fingerprint density at radius 1 is 0.870 bits per heavy atom. The van der Waals surface area contributed by atoms with Crippen LogP contribution in [0.2, 0.25) is 0 Å². The van der Waals surface area contributed by atoms with Crippen LogP contribution in [0.4, 0.5) is 11.4 Å². The van der Waals surface area contributed by atoms with Crippen LogP contribution in [-0.2, 0) is 43.0 Å². The van der Waals surface area contributed by atoms with E-state index in [0.717, 1.165) is 22.6 Å². The average Bonchev–Trinajstić information content (AvgIpc) is 1.37. The molecule has 0 saturated carbocycles. The van der Waals surface area contributed by atoms with Gasteiger partial charge < -0.3 is 64.1 Å². The normalized spacial score (nSPS) is 25.6. The van der Waals surface area contributed by atoms with Gasteiger partial charge in [-0.25, -0.2) is 10.4 Å². The van der Waals surface area contributed by atoms with Gasteiger partial charge in [0.2, 0.25) is 22.7 Å². The van der Waals surface area contributed by atoms with Crippen molar-refractivity contribution in [1.29, 1.82) is 0 Å². The summed E-state index contributed by atoms with van der Waals surface area (Å²) in [5, 5.41) is 56.7. The molecule has 0 spiro atoms. The maximum Gasteiger partial charge on any atom is 0.307 e. The summed E-state index contributed by atoms with van der Waals surface area (Å²) in [5.41, 5.74) is 1.54. The van der Waals surface area contributed by atoms with E-state index in [2.05, 4.69) is 21.2 Å². The molecule has 25 heteroatoms. The molecule has 5 heterocycles. The highest BCUT2D eigenvalue weighted by atomic mass is 16.7. The number of nitrogens with zero attached hydrogens (tertiary/aromatic N) is 4. The number of carbonyl (C=O) groups excluding carboxylic acids is 6. The van der Waals surface area contributed by atoms with Gasteiger partial charge in [-0.3, -0.25) is 43.3 Å². The SMILES string of the molecule is CO[C@H]1/C=C/O[C@@]2(C)Oc3c(C)c(O)c4c(=O)c(c5oc6cc(N7CCC(NC(=O)CCCOc8ccc(/C(C)=N/NC(=O)CCN9C(=O)C=CC9=O)cc8)CC7)cc(=O)c6nc5c4c3=C2O)NC(=O)/C(C)=C\C=C\[C@H](C)[C@H](O)[C@@H](C)[C@@H](O)[C@@H](C)[C@H](OC(C)=O)[C@@H]1C. The van der Waals surface area contributed by atoms with E-state index in [-0.39, 0.29) is 93.0 Å². The van der Waals surface area contributed by atoms with Crippen LogP contribution in [0, 0.1) is 30.6 Å². The number of rotatable bonds is 14. The third-order valence-electron chi connectivity index (χ3n) is 17.5. The number of piperidine rings is 1. The van der Waals surface area contributed by atoms with Crippen LogP contribution in [0.5, 0.6) is 17.2 Å². The van der Waals surface area contributed by atoms with Crippen LogP contribution in [0.15, 0.2) is 104 Å². The van der Waals surface area contributed by atoms with E-state index in [9.17, 15) is 54.0 Å². The van der Waals surface area contributed by atoms with Gasteiger partial charge in [0.1, 0.15) is 34.6 Å². The lowest BCUT2D eigenvalue weighted by Crippen LogP contribution is -2.46. The van der Waals surface area contributed by atoms with Crippen LogP contribution in [0.1, 0.15) is 98.6 Å². The largest absolute Gasteiger partial charge is 0.507 e. The molecule has 7 N–H and O–H groups in total. The Hall–Kier alpha value is -9.46. The summed E-state index contributed by atoms with van der Waals surface area (Å²) in [4.78, 5) is 113. The molecule has 1 saturated heterocycles. The number of nitrogens with one attached hydrogen (secondary N) is 3. The van der Waals surface area contributed by atoms with Gasteiger partial charge >= 0.3 is 11.8 Å². The number of amides is 5. The van der Waals surface area contributed by atoms with Crippen molar-refractivity contribution in [3.63, 3.8) is 0 Å². The van der Waals surface area contributed by atoms with Crippen LogP contribution in [-0.4, -0.2) is 141 Å². The third-order valence-corrected chi connectivity index (χ3v) is 17.5. The van der Waals surface area contributed by atoms with Crippen molar-refractivity contribution in [2.45, 2.75) is 131 Å². The molecule has 5 amide bonds. The van der Waals surface area contributed by atoms with Crippen molar-refractivity contribution in [2.24, 2.45) is 28.8 Å². The Morgan fingerprint density at radius 2 is 1.57 bits per heavy atom. The Kier molecular flexibility index (Phi) is 20.3. The molecule has 0 aliphatic carbocycles. The second kappa shape index (κ2) is 28.0. The van der Waals surface area contributed by atoms with Crippen LogP contribution in [0.3, 0.4) is 0 Å². The predicted octanol–water partition coefficient (Wildman–Crippen LogP) is 5.66. The number of ether oxygens (including phenoxy) is 5. The molecule has 5 aromatic rings. The van der Waals surface area contributed by atoms with Crippen LogP contribution >= 0.6 is 0 Å². The highest BCUT2D eigenvalue weighted by molar-refractivity contribution is 6.17. The molecule has 9 rings (SSSR count). The molecule has 4 aliphatic heterocycles. The Bertz CT molecular complexity index is 4080. The second-order valence-corrected chi connectivity index (χ2v) is 24.0. The van der Waals surface area contributed by atoms with E-state index in [1.54, 1.807) is 77.1 Å². The number of allylic oxidation sites excluding steroid dienone is 2. The molecule has 25 nitrogen and oxygen atoms in total. The van der Waals surface area contributed by atoms with E-state index in [4.69, 9.17) is 33.1 Å². The van der Waals surface area contributed by atoms with Crippen molar-refractivity contribution < 1.29 is 77.3 Å². The molecule has 92 heavy (non-hydrogen) atoms. The molecule has 4 aromatic carbocycles. The van der Waals surface area contributed by atoms with Gasteiger partial charge in [0, 0.05) is 130 Å². The second-order valence-electron chi connectivity index (χ2n) is 24.0. The lowest BCUT2D eigenvalue weighted by molar-refractivity contribution is -0.160. The Labute approximate surface area is 529 Å². The zero-order chi connectivity index (χ0) is 66.6. The fourth-order valence-electron chi connectivity index (χ4n) is 12.0. The van der Waals surface area contributed by atoms with E-state index in [0.29, 0.717) is 49.5 Å². The number of anilines is 2. The number of aliphatic hydroxyl groups is 3. The summed E-state index contributed by atoms with van der Waals surface area (Å²) < 4.78 is 36.5. The summed E-state index contributed by atoms with van der Waals surface area (Å²) in [6, 6.07) is 9.84. The lowest BCUT2D eigenvalue weighted by Gasteiger charge is -2.38. The number of benzene rings is 4. The van der Waals surface area contributed by atoms with Crippen molar-refractivity contribution >= 4 is 91.3 Å². The van der Waals surface area contributed by atoms with Crippen molar-refractivity contribution in [2.75, 3.05) is 43.6 Å². The van der Waals surface area contributed by atoms with E-state index in [1.165, 1.54) is 59.3 Å². The van der Waals surface area contributed by atoms with Gasteiger partial charge in [-0.15, -0.1) is 0 Å². The third kappa shape index (κ3) is 14.0. The van der Waals surface area contributed by atoms with Crippen molar-refractivity contribution in [1.82, 2.24) is 20.6 Å². The Morgan fingerprint density at radius 3 is 2.24 bits per heavy atom. The number of carbonyl (C=O) groups is 6. The highest BCUT2D eigenvalue weighted by Gasteiger charge is 2.44. The standard InChI is InChI=1S/C67H77N7O18/c1-33-13-11-14-34(2)66(86)70-57-61(84)53-52(54-63(38(6)60(53)83)92-67(9,65(54)85)89-30-25-46(87-10)35(3)62(90-40(8)75)37(5)59(82)36(4)58(33)81)56-64(57)91-47-32-43(31-45(76)55(47)69-56)73-26-22-42(23-27-73)68-48(77)15-12-29-88-44-18-16-41(17-19-44)39(7)71-72-49(78)24-28-74-50(79)20-21-51(74)80/h11,13-14,16-21,25,30-33,35-37,42,46,58-59,62,81-83,85H,12,15,22-24,26-29H2,1-10H3,(H,68,77)(H,70,86)(H,72,78)/b13-11+,30-25+,34-14-,71-39+/t33-,35+,36+,37+,46-,58-,59+,62+,67-/m0/s1. The number of phenols is 1. The molecule has 9 atom stereocenters. The first kappa shape index (κ1) is 66.9. The number of methoxy groups -OCH3 is 1. The fraction of sp³-hybridized carbons (Fsp3) is 0.433. The predicted molar refractivity (Wildman–Crippen MR) is 340 cm³/mol. The summed E-state index contributed by atoms with van der Waals surface area (Å²) in [7, 11) is 1.43. The topological polar surface area (TPSA) is 345 Å². The minimum Gasteiger partial charge on any atom is -0.507 e. The smallest absolute Gasteiger partial charge is 0.307 e. The van der Waals surface area contributed by atoms with Crippen LogP contribution in [0.25, 0.3) is 38.7 Å². The Balaban J connectivity index is 0.940. The zero-order valence-corrected chi connectivity index (χ0v) is 52.9. The summed E-state index contributed by atoms with van der Waals surface area (Å²) in [6.07, 6.45) is 7.17. The molecule has 4 aliphatic rings. The van der Waals surface area contributed by atoms with E-state index in [1.807, 2.05) is 4.90 Å². The number of hydrogen-bond acceptors (Lipinski definition) is 21. The van der Waals surface area contributed by atoms with Crippen molar-refractivity contribution in [3.05, 3.63) is 121 Å². The number of hydrogen-bond donors (Lipinski definition) is 7. The zero-order valence-electron chi connectivity index (χ0n) is 52.9. The van der Waals surface area contributed by atoms with Crippen LogP contribution < -0.4 is 46.5 Å². The number of imide groups is 1. The van der Waals surface area contributed by atoms with Crippen molar-refractivity contribution in [3.8, 4) is 17.2 Å². The summed E-state index contributed by atoms with van der Waals surface area (Å²) >= 11 is 0. The molecule has 0 unspecified atom stereocenters. The molecule has 4 bridgehead atoms. The maximum absolute atomic E-state index is 15.1. The molecule has 0 radical (unpaired) electrons. The monoisotopic (exact) mass is 1270 g/mol. The first-order chi connectivity index (χ1) is 43.7. The van der Waals surface area contributed by atoms with E-state index >= 15 is 4.79 Å². The van der Waals surface area contributed by atoms with Gasteiger partial charge in [0.05, 0.1) is 47.5 Å². The average molecular weight is 1270 g/mol. The fourth-order valence-corrected chi connectivity index (χ4v) is 12.0. The number of fused-ring (bicyclic) bond motifs is 2. The molecular formula is C67H77N7O18. The minimum atomic E-state index is -2.04. The van der Waals surface area contributed by atoms with Gasteiger partial charge in [-0.1, -0.05) is 45.9 Å². The minimum absolute atomic E-state index is 0.0128. The first-order valence-corrected chi connectivity index (χ1v) is 30.5. The molecular weight excluding hydrogens is 1190 g/mol. The van der Waals surface area contributed by atoms with Gasteiger partial charge in [-0.05, 0) is 75.9 Å². The van der Waals surface area contributed by atoms with Gasteiger partial charge in [-0.2, -0.15) is 5.10 Å². The number of esters is 1. The number of hydrazone groups is 1. The lowest BCUT2D eigenvalue weighted by atomic mass is 9.78. The molecule has 1 aromatic heterocycles. The number of aliphatic hydroxyl groups excluding tert-OH is 3. The summed E-state index contributed by atoms with van der Waals surface area (Å²) in [5.74, 6) is -8.35. The number of phenolic OH excluding ortho intramolecular Hbond substituents is 1. The van der Waals surface area contributed by atoms with Gasteiger partial charge in [0.25, 0.3) is 17.7 Å². The highest BCUT2D eigenvalue weighted by Crippen LogP contribution is 2.43. The summed E-state index contributed by atoms with van der Waals surface area (Å²) in [6.45, 7) is 15.2. The maximum atomic E-state index is 15.1. The number of aromatic nitrogens is 1. The quantitative estimate of drug-likeness (QED) is 0.0134.